The zero-order valence-electron chi connectivity index (χ0n) is 7.80. The van der Waals surface area contributed by atoms with Gasteiger partial charge in [0.15, 0.2) is 0 Å². The van der Waals surface area contributed by atoms with Crippen LogP contribution in [0.3, 0.4) is 0 Å². The van der Waals surface area contributed by atoms with Crippen LogP contribution in [0.4, 0.5) is 8.78 Å². The van der Waals surface area contributed by atoms with Gasteiger partial charge in [-0.3, -0.25) is 9.69 Å². The highest BCUT2D eigenvalue weighted by molar-refractivity contribution is 6.18. The molecule has 6 heteroatoms. The van der Waals surface area contributed by atoms with Gasteiger partial charge < -0.3 is 4.74 Å². The molecule has 1 heterocycles. The molecule has 0 radical (unpaired) electrons. The van der Waals surface area contributed by atoms with E-state index in [2.05, 4.69) is 4.74 Å². The Bertz CT molecular complexity index is 225. The van der Waals surface area contributed by atoms with Crippen LogP contribution in [-0.4, -0.2) is 48.9 Å². The SMILES string of the molecule is COC(=O)C1CC(F)(F)CN1CCCl. The first kappa shape index (κ1) is 11.7. The predicted molar refractivity (Wildman–Crippen MR) is 47.7 cm³/mol. The Balaban J connectivity index is 2.67. The summed E-state index contributed by atoms with van der Waals surface area (Å²) in [7, 11) is 1.19. The Hall–Kier alpha value is -0.420. The van der Waals surface area contributed by atoms with Gasteiger partial charge in [-0.15, -0.1) is 11.6 Å². The molecule has 1 rings (SSSR count). The number of carbonyl (C=O) groups is 1. The standard InChI is InChI=1S/C8H12ClF2NO2/c1-14-7(13)6-4-8(10,11)5-12(6)3-2-9/h6H,2-5H2,1H3. The highest BCUT2D eigenvalue weighted by atomic mass is 35.5. The molecule has 0 aliphatic carbocycles. The Labute approximate surface area is 86.0 Å². The summed E-state index contributed by atoms with van der Waals surface area (Å²) in [5.41, 5.74) is 0. The van der Waals surface area contributed by atoms with Gasteiger partial charge in [0.25, 0.3) is 5.92 Å². The maximum absolute atomic E-state index is 13.0. The number of alkyl halides is 3. The number of methoxy groups -OCH3 is 1. The van der Waals surface area contributed by atoms with Gasteiger partial charge in [-0.05, 0) is 0 Å². The predicted octanol–water partition coefficient (Wildman–Crippen LogP) is 1.11. The van der Waals surface area contributed by atoms with Crippen LogP contribution in [0.2, 0.25) is 0 Å². The van der Waals surface area contributed by atoms with E-state index in [4.69, 9.17) is 11.6 Å². The first-order valence-electron chi connectivity index (χ1n) is 4.26. The lowest BCUT2D eigenvalue weighted by molar-refractivity contribution is -0.146. The van der Waals surface area contributed by atoms with Gasteiger partial charge in [0, 0.05) is 18.8 Å². The molecular formula is C8H12ClF2NO2. The van der Waals surface area contributed by atoms with E-state index in [-0.39, 0.29) is 12.4 Å². The Kier molecular flexibility index (Phi) is 3.66. The average Bonchev–Trinajstić information content (AvgIpc) is 2.41. The number of esters is 1. The summed E-state index contributed by atoms with van der Waals surface area (Å²) in [6, 6.07) is -0.853. The molecule has 1 aliphatic rings. The third-order valence-corrected chi connectivity index (χ3v) is 2.38. The van der Waals surface area contributed by atoms with E-state index in [1.807, 2.05) is 0 Å². The lowest BCUT2D eigenvalue weighted by atomic mass is 10.2. The number of likely N-dealkylation sites (tertiary alicyclic amines) is 1. The summed E-state index contributed by atoms with van der Waals surface area (Å²) in [5, 5.41) is 0. The van der Waals surface area contributed by atoms with Crippen LogP contribution in [0.25, 0.3) is 0 Å². The molecule has 1 saturated heterocycles. The molecule has 0 amide bonds. The van der Waals surface area contributed by atoms with E-state index in [1.54, 1.807) is 0 Å². The fourth-order valence-corrected chi connectivity index (χ4v) is 1.81. The van der Waals surface area contributed by atoms with Gasteiger partial charge >= 0.3 is 5.97 Å². The Morgan fingerprint density at radius 1 is 1.71 bits per heavy atom. The average molecular weight is 228 g/mol. The van der Waals surface area contributed by atoms with E-state index in [9.17, 15) is 13.6 Å². The zero-order valence-corrected chi connectivity index (χ0v) is 8.56. The van der Waals surface area contributed by atoms with E-state index in [1.165, 1.54) is 12.0 Å². The van der Waals surface area contributed by atoms with E-state index < -0.39 is 30.9 Å². The molecule has 1 fully saturated rings. The number of nitrogens with zero attached hydrogens (tertiary/aromatic N) is 1. The van der Waals surface area contributed by atoms with Crippen molar-refractivity contribution in [2.45, 2.75) is 18.4 Å². The number of hydrogen-bond acceptors (Lipinski definition) is 3. The molecule has 1 atom stereocenters. The molecule has 3 nitrogen and oxygen atoms in total. The molecule has 82 valence electrons. The molecular weight excluding hydrogens is 216 g/mol. The zero-order chi connectivity index (χ0) is 10.8. The second-order valence-corrected chi connectivity index (χ2v) is 3.64. The number of ether oxygens (including phenoxy) is 1. The molecule has 0 bridgehead atoms. The largest absolute Gasteiger partial charge is 0.468 e. The minimum Gasteiger partial charge on any atom is -0.468 e. The normalized spacial score (nSPS) is 26.4. The minimum absolute atomic E-state index is 0.226. The number of halogens is 3. The van der Waals surface area contributed by atoms with Crippen molar-refractivity contribution in [3.05, 3.63) is 0 Å². The molecule has 0 saturated carbocycles. The lowest BCUT2D eigenvalue weighted by Gasteiger charge is -2.19. The van der Waals surface area contributed by atoms with Crippen LogP contribution in [0.15, 0.2) is 0 Å². The maximum atomic E-state index is 13.0. The van der Waals surface area contributed by atoms with Crippen LogP contribution in [-0.2, 0) is 9.53 Å². The van der Waals surface area contributed by atoms with Crippen molar-refractivity contribution < 1.29 is 18.3 Å². The van der Waals surface area contributed by atoms with Crippen LogP contribution in [0, 0.1) is 0 Å². The van der Waals surface area contributed by atoms with Crippen molar-refractivity contribution >= 4 is 17.6 Å². The van der Waals surface area contributed by atoms with Crippen molar-refractivity contribution in [1.82, 2.24) is 4.90 Å². The lowest BCUT2D eigenvalue weighted by Crippen LogP contribution is -2.38. The molecule has 14 heavy (non-hydrogen) atoms. The van der Waals surface area contributed by atoms with E-state index >= 15 is 0 Å². The Morgan fingerprint density at radius 3 is 2.86 bits per heavy atom. The first-order chi connectivity index (χ1) is 6.50. The number of rotatable bonds is 3. The van der Waals surface area contributed by atoms with Gasteiger partial charge in [0.1, 0.15) is 6.04 Å². The molecule has 0 aromatic rings. The number of carbonyl (C=O) groups excluding carboxylic acids is 1. The Morgan fingerprint density at radius 2 is 2.36 bits per heavy atom. The van der Waals surface area contributed by atoms with Gasteiger partial charge in [-0.1, -0.05) is 0 Å². The van der Waals surface area contributed by atoms with Crippen LogP contribution >= 0.6 is 11.6 Å². The molecule has 0 aromatic carbocycles. The van der Waals surface area contributed by atoms with Gasteiger partial charge in [0.2, 0.25) is 0 Å². The molecule has 0 spiro atoms. The second kappa shape index (κ2) is 4.40. The van der Waals surface area contributed by atoms with Gasteiger partial charge in [0.05, 0.1) is 13.7 Å². The summed E-state index contributed by atoms with van der Waals surface area (Å²) < 4.78 is 30.4. The fourth-order valence-electron chi connectivity index (χ4n) is 1.60. The third-order valence-electron chi connectivity index (χ3n) is 2.21. The smallest absolute Gasteiger partial charge is 0.323 e. The van der Waals surface area contributed by atoms with Crippen molar-refractivity contribution in [2.75, 3.05) is 26.1 Å². The monoisotopic (exact) mass is 227 g/mol. The first-order valence-corrected chi connectivity index (χ1v) is 4.79. The summed E-state index contributed by atoms with van der Waals surface area (Å²) in [4.78, 5) is 12.5. The van der Waals surface area contributed by atoms with E-state index in [0.717, 1.165) is 0 Å². The van der Waals surface area contributed by atoms with Crippen LogP contribution in [0.1, 0.15) is 6.42 Å². The topological polar surface area (TPSA) is 29.5 Å². The highest BCUT2D eigenvalue weighted by Crippen LogP contribution is 2.32. The summed E-state index contributed by atoms with van der Waals surface area (Å²) in [5.74, 6) is -3.21. The molecule has 0 N–H and O–H groups in total. The maximum Gasteiger partial charge on any atom is 0.323 e. The van der Waals surface area contributed by atoms with Crippen molar-refractivity contribution in [3.63, 3.8) is 0 Å². The quantitative estimate of drug-likeness (QED) is 0.534. The van der Waals surface area contributed by atoms with Crippen LogP contribution < -0.4 is 0 Å². The van der Waals surface area contributed by atoms with Crippen molar-refractivity contribution in [1.29, 1.82) is 0 Å². The fraction of sp³-hybridized carbons (Fsp3) is 0.875. The van der Waals surface area contributed by atoms with Crippen LogP contribution in [0.5, 0.6) is 0 Å². The molecule has 1 aliphatic heterocycles. The highest BCUT2D eigenvalue weighted by Gasteiger charge is 2.48. The van der Waals surface area contributed by atoms with Crippen molar-refractivity contribution in [2.24, 2.45) is 0 Å². The summed E-state index contributed by atoms with van der Waals surface area (Å²) in [6.45, 7) is -0.142. The molecule has 1 unspecified atom stereocenters. The summed E-state index contributed by atoms with van der Waals surface area (Å²) in [6.07, 6.45) is -0.476. The van der Waals surface area contributed by atoms with Gasteiger partial charge in [-0.2, -0.15) is 0 Å². The molecule has 0 aromatic heterocycles. The third kappa shape index (κ3) is 2.54. The van der Waals surface area contributed by atoms with Crippen molar-refractivity contribution in [3.8, 4) is 0 Å². The second-order valence-electron chi connectivity index (χ2n) is 3.26. The summed E-state index contributed by atoms with van der Waals surface area (Å²) >= 11 is 5.45. The van der Waals surface area contributed by atoms with Gasteiger partial charge in [-0.25, -0.2) is 8.78 Å². The number of hydrogen-bond donors (Lipinski definition) is 0. The minimum atomic E-state index is -2.81. The van der Waals surface area contributed by atoms with E-state index in [0.29, 0.717) is 0 Å².